The molecule has 0 aliphatic carbocycles. The summed E-state index contributed by atoms with van der Waals surface area (Å²) in [5, 5.41) is 7.41. The maximum Gasteiger partial charge on any atom is 0.124 e. The fourth-order valence-corrected chi connectivity index (χ4v) is 1.53. The van der Waals surface area contributed by atoms with Gasteiger partial charge in [0.1, 0.15) is 5.82 Å². The lowest BCUT2D eigenvalue weighted by Crippen LogP contribution is -2.04. The van der Waals surface area contributed by atoms with E-state index in [4.69, 9.17) is 5.73 Å². The lowest BCUT2D eigenvalue weighted by atomic mass is 10.1. The zero-order valence-corrected chi connectivity index (χ0v) is 9.35. The largest absolute Gasteiger partial charge is 0.366 e. The van der Waals surface area contributed by atoms with Crippen molar-refractivity contribution in [2.24, 2.45) is 12.8 Å². The predicted molar refractivity (Wildman–Crippen MR) is 64.9 cm³/mol. The second kappa shape index (κ2) is 4.81. The quantitative estimate of drug-likeness (QED) is 0.814. The molecule has 4 heteroatoms. The van der Waals surface area contributed by atoms with Crippen LogP contribution in [0.1, 0.15) is 11.1 Å². The second-order valence-corrected chi connectivity index (χ2v) is 3.71. The maximum atomic E-state index is 5.54. The SMILES string of the molecule is Cn1nccc1NCc1ccc(CN)cc1. The van der Waals surface area contributed by atoms with Crippen LogP contribution in [0.4, 0.5) is 5.82 Å². The molecule has 84 valence electrons. The summed E-state index contributed by atoms with van der Waals surface area (Å²) in [5.41, 5.74) is 7.94. The van der Waals surface area contributed by atoms with Crippen LogP contribution in [0.2, 0.25) is 0 Å². The molecule has 0 spiro atoms. The number of nitrogens with two attached hydrogens (primary N) is 1. The summed E-state index contributed by atoms with van der Waals surface area (Å²) >= 11 is 0. The molecule has 1 aromatic heterocycles. The van der Waals surface area contributed by atoms with Crippen LogP contribution in [0.3, 0.4) is 0 Å². The standard InChI is InChI=1S/C12H16N4/c1-16-12(6-7-15-16)14-9-11-4-2-10(8-13)3-5-11/h2-7,14H,8-9,13H2,1H3. The number of hydrogen-bond acceptors (Lipinski definition) is 3. The fourth-order valence-electron chi connectivity index (χ4n) is 1.53. The van der Waals surface area contributed by atoms with Crippen LogP contribution >= 0.6 is 0 Å². The highest BCUT2D eigenvalue weighted by Crippen LogP contribution is 2.08. The van der Waals surface area contributed by atoms with Crippen LogP contribution < -0.4 is 11.1 Å². The normalized spacial score (nSPS) is 10.4. The highest BCUT2D eigenvalue weighted by molar-refractivity contribution is 5.35. The molecule has 0 aliphatic rings. The third kappa shape index (κ3) is 2.41. The van der Waals surface area contributed by atoms with Crippen LogP contribution in [0.15, 0.2) is 36.5 Å². The zero-order valence-electron chi connectivity index (χ0n) is 9.35. The summed E-state index contributed by atoms with van der Waals surface area (Å²) in [7, 11) is 1.92. The van der Waals surface area contributed by atoms with E-state index in [2.05, 4.69) is 34.7 Å². The maximum absolute atomic E-state index is 5.54. The molecule has 3 N–H and O–H groups in total. The molecule has 0 fully saturated rings. The Morgan fingerprint density at radius 3 is 2.44 bits per heavy atom. The predicted octanol–water partition coefficient (Wildman–Crippen LogP) is 1.49. The van der Waals surface area contributed by atoms with Gasteiger partial charge in [-0.15, -0.1) is 0 Å². The van der Waals surface area contributed by atoms with Gasteiger partial charge in [-0.2, -0.15) is 5.10 Å². The molecule has 0 amide bonds. The van der Waals surface area contributed by atoms with Crippen molar-refractivity contribution in [2.45, 2.75) is 13.1 Å². The van der Waals surface area contributed by atoms with E-state index in [0.717, 1.165) is 17.9 Å². The summed E-state index contributed by atoms with van der Waals surface area (Å²) < 4.78 is 1.81. The Hall–Kier alpha value is -1.81. The first-order valence-corrected chi connectivity index (χ1v) is 5.29. The Kier molecular flexibility index (Phi) is 3.22. The number of hydrogen-bond donors (Lipinski definition) is 2. The summed E-state index contributed by atoms with van der Waals surface area (Å²) in [6.45, 7) is 1.39. The molecule has 0 bridgehead atoms. The smallest absolute Gasteiger partial charge is 0.124 e. The van der Waals surface area contributed by atoms with E-state index in [9.17, 15) is 0 Å². The number of rotatable bonds is 4. The molecule has 0 saturated carbocycles. The van der Waals surface area contributed by atoms with E-state index in [1.165, 1.54) is 5.56 Å². The monoisotopic (exact) mass is 216 g/mol. The van der Waals surface area contributed by atoms with Gasteiger partial charge in [-0.05, 0) is 11.1 Å². The van der Waals surface area contributed by atoms with Crippen LogP contribution in [0.5, 0.6) is 0 Å². The third-order valence-corrected chi connectivity index (χ3v) is 2.55. The number of nitrogens with one attached hydrogen (secondary N) is 1. The minimum Gasteiger partial charge on any atom is -0.366 e. The van der Waals surface area contributed by atoms with E-state index >= 15 is 0 Å². The lowest BCUT2D eigenvalue weighted by molar-refractivity contribution is 0.769. The van der Waals surface area contributed by atoms with Gasteiger partial charge in [0.2, 0.25) is 0 Å². The molecule has 0 radical (unpaired) electrons. The Labute approximate surface area is 95.1 Å². The molecule has 1 aromatic carbocycles. The van der Waals surface area contributed by atoms with Crippen molar-refractivity contribution in [3.63, 3.8) is 0 Å². The first-order valence-electron chi connectivity index (χ1n) is 5.29. The highest BCUT2D eigenvalue weighted by Gasteiger charge is 1.97. The average Bonchev–Trinajstić information content (AvgIpc) is 2.73. The third-order valence-electron chi connectivity index (χ3n) is 2.55. The van der Waals surface area contributed by atoms with Crippen LogP contribution in [-0.2, 0) is 20.1 Å². The zero-order chi connectivity index (χ0) is 11.4. The van der Waals surface area contributed by atoms with Crippen LogP contribution in [0.25, 0.3) is 0 Å². The second-order valence-electron chi connectivity index (χ2n) is 3.71. The molecular weight excluding hydrogens is 200 g/mol. The van der Waals surface area contributed by atoms with Crippen molar-refractivity contribution < 1.29 is 0 Å². The lowest BCUT2D eigenvalue weighted by Gasteiger charge is -2.07. The van der Waals surface area contributed by atoms with Gasteiger partial charge < -0.3 is 11.1 Å². The molecule has 0 aliphatic heterocycles. The number of benzene rings is 1. The molecule has 2 rings (SSSR count). The Morgan fingerprint density at radius 2 is 1.88 bits per heavy atom. The Morgan fingerprint density at radius 1 is 1.19 bits per heavy atom. The molecule has 0 unspecified atom stereocenters. The van der Waals surface area contributed by atoms with Gasteiger partial charge >= 0.3 is 0 Å². The topological polar surface area (TPSA) is 55.9 Å². The highest BCUT2D eigenvalue weighted by atomic mass is 15.3. The molecule has 16 heavy (non-hydrogen) atoms. The van der Waals surface area contributed by atoms with Crippen molar-refractivity contribution in [3.8, 4) is 0 Å². The molecule has 4 nitrogen and oxygen atoms in total. The van der Waals surface area contributed by atoms with Crippen molar-refractivity contribution in [1.29, 1.82) is 0 Å². The Bertz CT molecular complexity index is 444. The van der Waals surface area contributed by atoms with Crippen molar-refractivity contribution in [3.05, 3.63) is 47.7 Å². The van der Waals surface area contributed by atoms with E-state index < -0.39 is 0 Å². The molecule has 0 atom stereocenters. The molecule has 0 saturated heterocycles. The summed E-state index contributed by atoms with van der Waals surface area (Å²) in [6.07, 6.45) is 1.78. The van der Waals surface area contributed by atoms with Gasteiger partial charge in [0.25, 0.3) is 0 Å². The van der Waals surface area contributed by atoms with E-state index in [0.29, 0.717) is 6.54 Å². The average molecular weight is 216 g/mol. The van der Waals surface area contributed by atoms with Gasteiger partial charge in [0, 0.05) is 26.2 Å². The molecule has 1 heterocycles. The minimum atomic E-state index is 0.593. The van der Waals surface area contributed by atoms with Crippen LogP contribution in [-0.4, -0.2) is 9.78 Å². The molecular formula is C12H16N4. The van der Waals surface area contributed by atoms with Gasteiger partial charge in [-0.1, -0.05) is 24.3 Å². The number of aromatic nitrogens is 2. The first kappa shape index (κ1) is 10.7. The van der Waals surface area contributed by atoms with Crippen molar-refractivity contribution in [2.75, 3.05) is 5.32 Å². The van der Waals surface area contributed by atoms with Crippen LogP contribution in [0, 0.1) is 0 Å². The van der Waals surface area contributed by atoms with E-state index in [1.54, 1.807) is 6.20 Å². The number of aryl methyl sites for hydroxylation is 1. The van der Waals surface area contributed by atoms with E-state index in [1.807, 2.05) is 17.8 Å². The summed E-state index contributed by atoms with van der Waals surface area (Å²) in [4.78, 5) is 0. The number of anilines is 1. The van der Waals surface area contributed by atoms with Gasteiger partial charge in [-0.3, -0.25) is 4.68 Å². The molecule has 2 aromatic rings. The van der Waals surface area contributed by atoms with E-state index in [-0.39, 0.29) is 0 Å². The van der Waals surface area contributed by atoms with Gasteiger partial charge in [0.05, 0.1) is 6.20 Å². The van der Waals surface area contributed by atoms with Crippen molar-refractivity contribution >= 4 is 5.82 Å². The number of nitrogens with zero attached hydrogens (tertiary/aromatic N) is 2. The first-order chi connectivity index (χ1) is 7.79. The summed E-state index contributed by atoms with van der Waals surface area (Å²) in [5.74, 6) is 1.02. The fraction of sp³-hybridized carbons (Fsp3) is 0.250. The Balaban J connectivity index is 1.97. The minimum absolute atomic E-state index is 0.593. The summed E-state index contributed by atoms with van der Waals surface area (Å²) in [6, 6.07) is 10.2. The van der Waals surface area contributed by atoms with Gasteiger partial charge in [0.15, 0.2) is 0 Å². The van der Waals surface area contributed by atoms with Gasteiger partial charge in [-0.25, -0.2) is 0 Å². The van der Waals surface area contributed by atoms with Crippen molar-refractivity contribution in [1.82, 2.24) is 9.78 Å².